The van der Waals surface area contributed by atoms with Crippen LogP contribution in [0.2, 0.25) is 0 Å². The number of piperazine rings is 1. The number of amides is 2. The van der Waals surface area contributed by atoms with Gasteiger partial charge in [-0.05, 0) is 18.6 Å². The lowest BCUT2D eigenvalue weighted by molar-refractivity contribution is -0.137. The van der Waals surface area contributed by atoms with Gasteiger partial charge in [-0.15, -0.1) is 0 Å². The number of aliphatic hydroxyl groups excluding tert-OH is 1. The Morgan fingerprint density at radius 2 is 1.89 bits per heavy atom. The van der Waals surface area contributed by atoms with Gasteiger partial charge < -0.3 is 20.2 Å². The Balaban J connectivity index is 1.50. The fourth-order valence-corrected chi connectivity index (χ4v) is 3.89. The molecule has 0 aromatic heterocycles. The van der Waals surface area contributed by atoms with E-state index in [2.05, 4.69) is 10.2 Å². The van der Waals surface area contributed by atoms with Crippen molar-refractivity contribution in [2.45, 2.75) is 25.5 Å². The van der Waals surface area contributed by atoms with E-state index in [1.165, 1.54) is 13.0 Å². The number of hydrogen-bond acceptors (Lipinski definition) is 5. The maximum Gasteiger partial charge on any atom is 0.242 e. The molecule has 2 atom stereocenters. The second kappa shape index (κ2) is 8.67. The summed E-state index contributed by atoms with van der Waals surface area (Å²) in [6.07, 6.45) is 0.0622. The number of nitrogens with zero attached hydrogens (tertiary/aromatic N) is 3. The van der Waals surface area contributed by atoms with Gasteiger partial charge in [-0.2, -0.15) is 0 Å². The highest BCUT2D eigenvalue weighted by Gasteiger charge is 2.35. The van der Waals surface area contributed by atoms with E-state index in [9.17, 15) is 19.1 Å². The summed E-state index contributed by atoms with van der Waals surface area (Å²) >= 11 is 0. The van der Waals surface area contributed by atoms with Crippen LogP contribution in [0.3, 0.4) is 0 Å². The lowest BCUT2D eigenvalue weighted by Crippen LogP contribution is -2.60. The van der Waals surface area contributed by atoms with Gasteiger partial charge in [0, 0.05) is 52.2 Å². The molecule has 8 heteroatoms. The number of rotatable bonds is 4. The Morgan fingerprint density at radius 1 is 1.19 bits per heavy atom. The second-order valence-electron chi connectivity index (χ2n) is 7.15. The summed E-state index contributed by atoms with van der Waals surface area (Å²) in [4.78, 5) is 28.9. The van der Waals surface area contributed by atoms with Gasteiger partial charge in [0.05, 0.1) is 18.3 Å². The molecular weight excluding hydrogens is 351 g/mol. The first-order chi connectivity index (χ1) is 13.0. The zero-order valence-corrected chi connectivity index (χ0v) is 15.6. The molecule has 2 heterocycles. The summed E-state index contributed by atoms with van der Waals surface area (Å²) in [7, 11) is 0. The topological polar surface area (TPSA) is 76.1 Å². The van der Waals surface area contributed by atoms with Crippen molar-refractivity contribution in [1.82, 2.24) is 15.1 Å². The van der Waals surface area contributed by atoms with E-state index in [1.54, 1.807) is 17.0 Å². The van der Waals surface area contributed by atoms with Gasteiger partial charge in [-0.1, -0.05) is 12.1 Å². The Kier molecular flexibility index (Phi) is 6.28. The smallest absolute Gasteiger partial charge is 0.242 e. The standard InChI is InChI=1S/C19H27FN4O3/c1-14(25)21-12-19(27)24-7-6-17(18(26)13-24)23-10-8-22(9-11-23)16-5-3-2-4-15(16)20/h2-5,17-18,26H,6-13H2,1H3,(H,21,25)/t17-,18-/m0/s1. The minimum absolute atomic E-state index is 0.00223. The number of carbonyl (C=O) groups is 2. The molecule has 1 aromatic rings. The van der Waals surface area contributed by atoms with E-state index in [4.69, 9.17) is 0 Å². The van der Waals surface area contributed by atoms with Crippen LogP contribution in [-0.4, -0.2) is 84.7 Å². The van der Waals surface area contributed by atoms with E-state index < -0.39 is 6.10 Å². The molecule has 2 amide bonds. The molecular formula is C19H27FN4O3. The molecule has 3 rings (SSSR count). The van der Waals surface area contributed by atoms with Crippen molar-refractivity contribution in [3.8, 4) is 0 Å². The number of likely N-dealkylation sites (tertiary alicyclic amines) is 1. The van der Waals surface area contributed by atoms with Gasteiger partial charge in [0.25, 0.3) is 0 Å². The quantitative estimate of drug-likeness (QED) is 0.774. The number of aliphatic hydroxyl groups is 1. The number of anilines is 1. The summed E-state index contributed by atoms with van der Waals surface area (Å²) in [6, 6.07) is 6.78. The van der Waals surface area contributed by atoms with Crippen LogP contribution in [0.15, 0.2) is 24.3 Å². The van der Waals surface area contributed by atoms with E-state index >= 15 is 0 Å². The minimum Gasteiger partial charge on any atom is -0.390 e. The number of β-amino-alcohol motifs (C(OH)–C–C–N with tert-alkyl or cyclic N) is 1. The maximum atomic E-state index is 14.0. The molecule has 2 N–H and O–H groups in total. The molecule has 0 bridgehead atoms. The predicted octanol–water partition coefficient (Wildman–Crippen LogP) is 0.0456. The Morgan fingerprint density at radius 3 is 2.52 bits per heavy atom. The van der Waals surface area contributed by atoms with Crippen LogP contribution in [0.5, 0.6) is 0 Å². The lowest BCUT2D eigenvalue weighted by atomic mass is 9.99. The van der Waals surface area contributed by atoms with Crippen LogP contribution in [0.25, 0.3) is 0 Å². The molecule has 2 aliphatic rings. The first kappa shape index (κ1) is 19.6. The average molecular weight is 378 g/mol. The van der Waals surface area contributed by atoms with Crippen LogP contribution in [0.4, 0.5) is 10.1 Å². The van der Waals surface area contributed by atoms with E-state index in [0.29, 0.717) is 31.7 Å². The van der Waals surface area contributed by atoms with Crippen molar-refractivity contribution in [2.75, 3.05) is 50.7 Å². The highest BCUT2D eigenvalue weighted by molar-refractivity contribution is 5.83. The van der Waals surface area contributed by atoms with Gasteiger partial charge in [0.1, 0.15) is 5.82 Å². The first-order valence-electron chi connectivity index (χ1n) is 9.39. The fraction of sp³-hybridized carbons (Fsp3) is 0.579. The van der Waals surface area contributed by atoms with Gasteiger partial charge in [0.2, 0.25) is 11.8 Å². The molecule has 0 saturated carbocycles. The van der Waals surface area contributed by atoms with Crippen molar-refractivity contribution in [2.24, 2.45) is 0 Å². The minimum atomic E-state index is -0.625. The highest BCUT2D eigenvalue weighted by atomic mass is 19.1. The average Bonchev–Trinajstić information content (AvgIpc) is 2.66. The Hall–Kier alpha value is -2.19. The predicted molar refractivity (Wildman–Crippen MR) is 99.9 cm³/mol. The van der Waals surface area contributed by atoms with Gasteiger partial charge in [0.15, 0.2) is 0 Å². The molecule has 2 saturated heterocycles. The number of carbonyl (C=O) groups excluding carboxylic acids is 2. The van der Waals surface area contributed by atoms with Crippen LogP contribution in [0.1, 0.15) is 13.3 Å². The number of nitrogens with one attached hydrogen (secondary N) is 1. The first-order valence-corrected chi connectivity index (χ1v) is 9.39. The van der Waals surface area contributed by atoms with Crippen LogP contribution >= 0.6 is 0 Å². The summed E-state index contributed by atoms with van der Waals surface area (Å²) < 4.78 is 14.0. The normalized spacial score (nSPS) is 24.0. The van der Waals surface area contributed by atoms with Crippen LogP contribution in [0, 0.1) is 5.82 Å². The number of para-hydroxylation sites is 1. The van der Waals surface area contributed by atoms with Gasteiger partial charge >= 0.3 is 0 Å². The van der Waals surface area contributed by atoms with Crippen molar-refractivity contribution in [3.63, 3.8) is 0 Å². The third-order valence-corrected chi connectivity index (χ3v) is 5.36. The van der Waals surface area contributed by atoms with Crippen molar-refractivity contribution >= 4 is 17.5 Å². The van der Waals surface area contributed by atoms with Crippen molar-refractivity contribution in [1.29, 1.82) is 0 Å². The zero-order valence-electron chi connectivity index (χ0n) is 15.6. The Labute approximate surface area is 158 Å². The van der Waals surface area contributed by atoms with Crippen LogP contribution < -0.4 is 10.2 Å². The fourth-order valence-electron chi connectivity index (χ4n) is 3.89. The summed E-state index contributed by atoms with van der Waals surface area (Å²) in [6.45, 7) is 5.07. The van der Waals surface area contributed by atoms with Crippen molar-refractivity contribution in [3.05, 3.63) is 30.1 Å². The number of piperidine rings is 1. The highest BCUT2D eigenvalue weighted by Crippen LogP contribution is 2.23. The largest absolute Gasteiger partial charge is 0.390 e. The van der Waals surface area contributed by atoms with E-state index in [-0.39, 0.29) is 36.8 Å². The van der Waals surface area contributed by atoms with Crippen LogP contribution in [-0.2, 0) is 9.59 Å². The molecule has 2 aliphatic heterocycles. The summed E-state index contributed by atoms with van der Waals surface area (Å²) in [5.41, 5.74) is 0.621. The monoisotopic (exact) mass is 378 g/mol. The van der Waals surface area contributed by atoms with E-state index in [1.807, 2.05) is 11.0 Å². The maximum absolute atomic E-state index is 14.0. The van der Waals surface area contributed by atoms with Gasteiger partial charge in [-0.25, -0.2) is 4.39 Å². The van der Waals surface area contributed by atoms with Gasteiger partial charge in [-0.3, -0.25) is 14.5 Å². The number of halogens is 1. The molecule has 27 heavy (non-hydrogen) atoms. The Bertz CT molecular complexity index is 679. The zero-order chi connectivity index (χ0) is 19.4. The molecule has 0 radical (unpaired) electrons. The molecule has 0 unspecified atom stereocenters. The molecule has 0 spiro atoms. The lowest BCUT2D eigenvalue weighted by Gasteiger charge is -2.45. The molecule has 2 fully saturated rings. The van der Waals surface area contributed by atoms with E-state index in [0.717, 1.165) is 13.1 Å². The third-order valence-electron chi connectivity index (χ3n) is 5.36. The molecule has 1 aromatic carbocycles. The summed E-state index contributed by atoms with van der Waals surface area (Å²) in [5, 5.41) is 13.0. The van der Waals surface area contributed by atoms with Crippen molar-refractivity contribution < 1.29 is 19.1 Å². The number of hydrogen-bond donors (Lipinski definition) is 2. The molecule has 7 nitrogen and oxygen atoms in total. The SMILES string of the molecule is CC(=O)NCC(=O)N1CC[C@H](N2CCN(c3ccccc3F)CC2)[C@@H](O)C1. The molecule has 0 aliphatic carbocycles. The third kappa shape index (κ3) is 4.75. The number of benzene rings is 1. The summed E-state index contributed by atoms with van der Waals surface area (Å²) in [5.74, 6) is -0.629. The molecule has 148 valence electrons. The second-order valence-corrected chi connectivity index (χ2v) is 7.15.